The van der Waals surface area contributed by atoms with Crippen LogP contribution in [0.15, 0.2) is 53.9 Å². The number of methoxy groups -OCH3 is 1. The molecule has 0 atom stereocenters. The number of carbonyl (C=O) groups is 2. The molecule has 0 bridgehead atoms. The first-order valence-corrected chi connectivity index (χ1v) is 8.62. The third-order valence-corrected chi connectivity index (χ3v) is 4.76. The van der Waals surface area contributed by atoms with Crippen LogP contribution in [-0.2, 0) is 16.0 Å². The summed E-state index contributed by atoms with van der Waals surface area (Å²) in [7, 11) is 1.34. The zero-order chi connectivity index (χ0) is 17.8. The Labute approximate surface area is 149 Å². The van der Waals surface area contributed by atoms with E-state index < -0.39 is 11.9 Å². The normalized spacial score (nSPS) is 10.6. The lowest BCUT2D eigenvalue weighted by atomic mass is 10.1. The summed E-state index contributed by atoms with van der Waals surface area (Å²) in [5.41, 5.74) is 2.79. The number of aryl methyl sites for hydroxylation is 1. The first kappa shape index (κ1) is 17.0. The Kier molecular flexibility index (Phi) is 5.00. The zero-order valence-corrected chi connectivity index (χ0v) is 14.4. The first-order valence-electron chi connectivity index (χ1n) is 7.74. The van der Waals surface area contributed by atoms with E-state index in [4.69, 9.17) is 4.74 Å². The third kappa shape index (κ3) is 3.49. The van der Waals surface area contributed by atoms with Gasteiger partial charge in [0.25, 0.3) is 0 Å². The van der Waals surface area contributed by atoms with Gasteiger partial charge in [-0.2, -0.15) is 0 Å². The fraction of sp³-hybridized carbons (Fsp3) is 0.158. The van der Waals surface area contributed by atoms with E-state index in [1.807, 2.05) is 46.3 Å². The summed E-state index contributed by atoms with van der Waals surface area (Å²) in [4.78, 5) is 24.1. The SMILES string of the molecule is COC(=O)c1ccccc1-n1c(CCC(=O)[O-])ccc1-c1cccs1. The first-order chi connectivity index (χ1) is 12.1. The number of nitrogens with zero attached hydrogens (tertiary/aromatic N) is 1. The molecule has 0 amide bonds. The Morgan fingerprint density at radius 2 is 1.92 bits per heavy atom. The molecule has 0 radical (unpaired) electrons. The van der Waals surface area contributed by atoms with Crippen LogP contribution in [0.2, 0.25) is 0 Å². The van der Waals surface area contributed by atoms with Gasteiger partial charge in [0.1, 0.15) is 0 Å². The van der Waals surface area contributed by atoms with Crippen molar-refractivity contribution in [3.63, 3.8) is 0 Å². The Morgan fingerprint density at radius 1 is 1.12 bits per heavy atom. The fourth-order valence-corrected chi connectivity index (χ4v) is 3.50. The minimum Gasteiger partial charge on any atom is -0.550 e. The summed E-state index contributed by atoms with van der Waals surface area (Å²) in [5.74, 6) is -1.54. The molecular formula is C19H16NO4S-. The van der Waals surface area contributed by atoms with Crippen LogP contribution in [0.25, 0.3) is 16.3 Å². The van der Waals surface area contributed by atoms with Crippen molar-refractivity contribution in [1.82, 2.24) is 4.57 Å². The van der Waals surface area contributed by atoms with E-state index >= 15 is 0 Å². The quantitative estimate of drug-likeness (QED) is 0.638. The highest BCUT2D eigenvalue weighted by atomic mass is 32.1. The molecule has 0 aliphatic carbocycles. The van der Waals surface area contributed by atoms with Gasteiger partial charge in [-0.3, -0.25) is 0 Å². The molecule has 0 fully saturated rings. The molecule has 0 spiro atoms. The summed E-state index contributed by atoms with van der Waals surface area (Å²) in [6.45, 7) is 0. The van der Waals surface area contributed by atoms with Crippen molar-refractivity contribution in [1.29, 1.82) is 0 Å². The topological polar surface area (TPSA) is 71.4 Å². The Balaban J connectivity index is 2.18. The second-order valence-corrected chi connectivity index (χ2v) is 6.35. The maximum absolute atomic E-state index is 12.2. The molecular weight excluding hydrogens is 338 g/mol. The highest BCUT2D eigenvalue weighted by molar-refractivity contribution is 7.13. The monoisotopic (exact) mass is 354 g/mol. The van der Waals surface area contributed by atoms with Crippen LogP contribution in [0, 0.1) is 0 Å². The van der Waals surface area contributed by atoms with Gasteiger partial charge in [0.05, 0.1) is 28.9 Å². The molecule has 25 heavy (non-hydrogen) atoms. The summed E-state index contributed by atoms with van der Waals surface area (Å²) in [5, 5.41) is 12.9. The number of carboxylic acid groups (broad SMARTS) is 1. The standard InChI is InChI=1S/C19H17NO4S/c1-24-19(23)14-5-2-3-6-15(14)20-13(9-11-18(21)22)8-10-16(20)17-7-4-12-25-17/h2-8,10,12H,9,11H2,1H3,(H,21,22)/p-1. The molecule has 3 aromatic rings. The van der Waals surface area contributed by atoms with Crippen molar-refractivity contribution >= 4 is 23.3 Å². The molecule has 0 saturated carbocycles. The van der Waals surface area contributed by atoms with Gasteiger partial charge in [-0.15, -0.1) is 11.3 Å². The second-order valence-electron chi connectivity index (χ2n) is 5.40. The predicted octanol–water partition coefficient (Wildman–Crippen LogP) is 2.67. The Bertz CT molecular complexity index is 896. The number of aliphatic carboxylic acids is 1. The zero-order valence-electron chi connectivity index (χ0n) is 13.6. The van der Waals surface area contributed by atoms with Crippen molar-refractivity contribution in [3.8, 4) is 16.3 Å². The van der Waals surface area contributed by atoms with Crippen LogP contribution >= 0.6 is 11.3 Å². The van der Waals surface area contributed by atoms with Crippen molar-refractivity contribution in [2.75, 3.05) is 7.11 Å². The smallest absolute Gasteiger partial charge is 0.339 e. The van der Waals surface area contributed by atoms with Gasteiger partial charge in [-0.1, -0.05) is 18.2 Å². The number of rotatable bonds is 6. The number of carbonyl (C=O) groups excluding carboxylic acids is 2. The molecule has 3 rings (SSSR count). The number of thiophene rings is 1. The number of hydrogen-bond donors (Lipinski definition) is 0. The van der Waals surface area contributed by atoms with E-state index in [1.54, 1.807) is 23.5 Å². The summed E-state index contributed by atoms with van der Waals surface area (Å²) in [6.07, 6.45) is 0.220. The average molecular weight is 354 g/mol. The maximum atomic E-state index is 12.2. The number of benzene rings is 1. The predicted molar refractivity (Wildman–Crippen MR) is 93.7 cm³/mol. The van der Waals surface area contributed by atoms with Gasteiger partial charge in [-0.05, 0) is 48.6 Å². The molecule has 2 heterocycles. The molecule has 128 valence electrons. The largest absolute Gasteiger partial charge is 0.550 e. The van der Waals surface area contributed by atoms with Crippen LogP contribution in [-0.4, -0.2) is 23.6 Å². The van der Waals surface area contributed by atoms with Crippen LogP contribution in [0.5, 0.6) is 0 Å². The summed E-state index contributed by atoms with van der Waals surface area (Å²) < 4.78 is 6.81. The van der Waals surface area contributed by atoms with Crippen molar-refractivity contribution in [2.45, 2.75) is 12.8 Å². The summed E-state index contributed by atoms with van der Waals surface area (Å²) in [6, 6.07) is 14.9. The van der Waals surface area contributed by atoms with Crippen LogP contribution in [0.1, 0.15) is 22.5 Å². The summed E-state index contributed by atoms with van der Waals surface area (Å²) >= 11 is 1.58. The van der Waals surface area contributed by atoms with E-state index in [-0.39, 0.29) is 6.42 Å². The van der Waals surface area contributed by atoms with Crippen LogP contribution < -0.4 is 5.11 Å². The van der Waals surface area contributed by atoms with Gasteiger partial charge in [0, 0.05) is 11.7 Å². The number of esters is 1. The second kappa shape index (κ2) is 7.36. The lowest BCUT2D eigenvalue weighted by molar-refractivity contribution is -0.305. The van der Waals surface area contributed by atoms with Gasteiger partial charge >= 0.3 is 5.97 Å². The van der Waals surface area contributed by atoms with E-state index in [0.29, 0.717) is 17.7 Å². The van der Waals surface area contributed by atoms with Gasteiger partial charge < -0.3 is 19.2 Å². The average Bonchev–Trinajstić information content (AvgIpc) is 3.28. The van der Waals surface area contributed by atoms with E-state index in [2.05, 4.69) is 0 Å². The number of ether oxygens (including phenoxy) is 1. The van der Waals surface area contributed by atoms with E-state index in [0.717, 1.165) is 16.3 Å². The molecule has 0 N–H and O–H groups in total. The molecule has 0 aliphatic heterocycles. The molecule has 0 saturated heterocycles. The lowest BCUT2D eigenvalue weighted by Gasteiger charge is -2.16. The number of carboxylic acids is 1. The highest BCUT2D eigenvalue weighted by Crippen LogP contribution is 2.32. The molecule has 0 unspecified atom stereocenters. The lowest BCUT2D eigenvalue weighted by Crippen LogP contribution is -2.23. The van der Waals surface area contributed by atoms with Crippen molar-refractivity contribution in [3.05, 3.63) is 65.2 Å². The van der Waals surface area contributed by atoms with Crippen LogP contribution in [0.4, 0.5) is 0 Å². The Hall–Kier alpha value is -2.86. The van der Waals surface area contributed by atoms with Gasteiger partial charge in [-0.25, -0.2) is 4.79 Å². The minimum atomic E-state index is -1.10. The molecule has 0 aliphatic rings. The van der Waals surface area contributed by atoms with E-state index in [1.165, 1.54) is 7.11 Å². The molecule has 2 aromatic heterocycles. The molecule has 6 heteroatoms. The van der Waals surface area contributed by atoms with Crippen molar-refractivity contribution < 1.29 is 19.4 Å². The molecule has 5 nitrogen and oxygen atoms in total. The minimum absolute atomic E-state index is 0.0890. The van der Waals surface area contributed by atoms with Crippen molar-refractivity contribution in [2.24, 2.45) is 0 Å². The fourth-order valence-electron chi connectivity index (χ4n) is 2.76. The Morgan fingerprint density at radius 3 is 2.60 bits per heavy atom. The molecule has 1 aromatic carbocycles. The van der Waals surface area contributed by atoms with Gasteiger partial charge in [0.15, 0.2) is 0 Å². The third-order valence-electron chi connectivity index (χ3n) is 3.87. The van der Waals surface area contributed by atoms with Crippen LogP contribution in [0.3, 0.4) is 0 Å². The number of para-hydroxylation sites is 1. The highest BCUT2D eigenvalue weighted by Gasteiger charge is 2.18. The maximum Gasteiger partial charge on any atom is 0.339 e. The number of hydrogen-bond acceptors (Lipinski definition) is 5. The van der Waals surface area contributed by atoms with E-state index in [9.17, 15) is 14.7 Å². The van der Waals surface area contributed by atoms with Gasteiger partial charge in [0.2, 0.25) is 0 Å². The number of aromatic nitrogens is 1.